The average molecular weight is 264 g/mol. The molecule has 0 bridgehead atoms. The summed E-state index contributed by atoms with van der Waals surface area (Å²) in [6.07, 6.45) is 0. The smallest absolute Gasteiger partial charge is 0.345 e. The minimum Gasteiger partial charge on any atom is -0.477 e. The van der Waals surface area contributed by atoms with Crippen molar-refractivity contribution in [2.45, 2.75) is 23.0 Å². The normalized spacial score (nSPS) is 10.5. The summed E-state index contributed by atoms with van der Waals surface area (Å²) >= 11 is 2.92. The summed E-state index contributed by atoms with van der Waals surface area (Å²) in [5.41, 5.74) is 2.45. The van der Waals surface area contributed by atoms with Gasteiger partial charge in [-0.3, -0.25) is 0 Å². The number of carboxylic acids is 1. The number of thiophene rings is 1. The number of rotatable bonds is 3. The summed E-state index contributed by atoms with van der Waals surface area (Å²) < 4.78 is 1.01. The van der Waals surface area contributed by atoms with Crippen molar-refractivity contribution in [2.24, 2.45) is 0 Å². The van der Waals surface area contributed by atoms with E-state index in [1.165, 1.54) is 22.5 Å². The van der Waals surface area contributed by atoms with E-state index in [4.69, 9.17) is 5.11 Å². The molecule has 0 aliphatic heterocycles. The average Bonchev–Trinajstić information content (AvgIpc) is 2.64. The lowest BCUT2D eigenvalue weighted by Crippen LogP contribution is -1.89. The maximum absolute atomic E-state index is 10.8. The second-order valence-electron chi connectivity index (χ2n) is 3.85. The van der Waals surface area contributed by atoms with E-state index in [2.05, 4.69) is 32.0 Å². The Labute approximate surface area is 108 Å². The molecule has 0 aliphatic rings. The van der Waals surface area contributed by atoms with E-state index in [1.807, 2.05) is 6.07 Å². The molecule has 0 radical (unpaired) electrons. The standard InChI is InChI=1S/C13H12O2S2/c1-8-5-9(2)7-10(6-8)16-12-4-3-11(17-12)13(14)15/h3-7H,1-2H3,(H,14,15). The highest BCUT2D eigenvalue weighted by molar-refractivity contribution is 8.01. The SMILES string of the molecule is Cc1cc(C)cc(Sc2ccc(C(=O)O)s2)c1. The molecule has 0 atom stereocenters. The van der Waals surface area contributed by atoms with Crippen molar-refractivity contribution in [3.63, 3.8) is 0 Å². The molecular formula is C13H12O2S2. The Hall–Kier alpha value is -1.26. The Bertz CT molecular complexity index is 538. The van der Waals surface area contributed by atoms with Crippen LogP contribution in [0.1, 0.15) is 20.8 Å². The van der Waals surface area contributed by atoms with Crippen molar-refractivity contribution in [2.75, 3.05) is 0 Å². The molecule has 17 heavy (non-hydrogen) atoms. The van der Waals surface area contributed by atoms with Crippen LogP contribution in [0.4, 0.5) is 0 Å². The number of carboxylic acid groups (broad SMARTS) is 1. The van der Waals surface area contributed by atoms with Crippen molar-refractivity contribution in [1.82, 2.24) is 0 Å². The highest BCUT2D eigenvalue weighted by Crippen LogP contribution is 2.34. The van der Waals surface area contributed by atoms with Crippen LogP contribution >= 0.6 is 23.1 Å². The molecule has 0 amide bonds. The molecule has 2 rings (SSSR count). The van der Waals surface area contributed by atoms with Crippen molar-refractivity contribution >= 4 is 29.1 Å². The highest BCUT2D eigenvalue weighted by Gasteiger charge is 2.08. The predicted molar refractivity (Wildman–Crippen MR) is 71.3 cm³/mol. The van der Waals surface area contributed by atoms with E-state index in [1.54, 1.807) is 17.8 Å². The van der Waals surface area contributed by atoms with Gasteiger partial charge in [0.2, 0.25) is 0 Å². The van der Waals surface area contributed by atoms with Crippen molar-refractivity contribution < 1.29 is 9.90 Å². The van der Waals surface area contributed by atoms with Gasteiger partial charge in [-0.05, 0) is 49.2 Å². The van der Waals surface area contributed by atoms with Gasteiger partial charge in [0.1, 0.15) is 4.88 Å². The number of carbonyl (C=O) groups is 1. The van der Waals surface area contributed by atoms with Gasteiger partial charge in [-0.25, -0.2) is 4.79 Å². The van der Waals surface area contributed by atoms with Crippen LogP contribution in [0.25, 0.3) is 0 Å². The van der Waals surface area contributed by atoms with Crippen molar-refractivity contribution in [3.8, 4) is 0 Å². The van der Waals surface area contributed by atoms with Crippen LogP contribution in [0.3, 0.4) is 0 Å². The molecule has 2 nitrogen and oxygen atoms in total. The van der Waals surface area contributed by atoms with E-state index in [0.29, 0.717) is 4.88 Å². The topological polar surface area (TPSA) is 37.3 Å². The van der Waals surface area contributed by atoms with Crippen molar-refractivity contribution in [1.29, 1.82) is 0 Å². The lowest BCUT2D eigenvalue weighted by Gasteiger charge is -2.02. The van der Waals surface area contributed by atoms with Gasteiger partial charge in [-0.15, -0.1) is 11.3 Å². The summed E-state index contributed by atoms with van der Waals surface area (Å²) in [5.74, 6) is -0.859. The Morgan fingerprint density at radius 2 is 1.82 bits per heavy atom. The second kappa shape index (κ2) is 4.94. The number of aryl methyl sites for hydroxylation is 2. The molecule has 2 aromatic rings. The number of hydrogen-bond acceptors (Lipinski definition) is 3. The van der Waals surface area contributed by atoms with Gasteiger partial charge in [-0.2, -0.15) is 0 Å². The number of hydrogen-bond donors (Lipinski definition) is 1. The van der Waals surface area contributed by atoms with Crippen LogP contribution in [0.15, 0.2) is 39.4 Å². The first-order valence-electron chi connectivity index (χ1n) is 5.14. The summed E-state index contributed by atoms with van der Waals surface area (Å²) in [7, 11) is 0. The Morgan fingerprint density at radius 3 is 2.35 bits per heavy atom. The molecule has 88 valence electrons. The molecule has 4 heteroatoms. The van der Waals surface area contributed by atoms with E-state index in [9.17, 15) is 4.79 Å². The van der Waals surface area contributed by atoms with Gasteiger partial charge in [0, 0.05) is 4.90 Å². The zero-order chi connectivity index (χ0) is 12.4. The third-order valence-corrected chi connectivity index (χ3v) is 4.38. The maximum Gasteiger partial charge on any atom is 0.345 e. The van der Waals surface area contributed by atoms with Crippen LogP contribution < -0.4 is 0 Å². The third kappa shape index (κ3) is 3.11. The molecule has 1 aromatic carbocycles. The third-order valence-electron chi connectivity index (χ3n) is 2.21. The highest BCUT2D eigenvalue weighted by atomic mass is 32.2. The molecule has 1 aromatic heterocycles. The van der Waals surface area contributed by atoms with Crippen LogP contribution in [-0.2, 0) is 0 Å². The van der Waals surface area contributed by atoms with Gasteiger partial charge in [-0.1, -0.05) is 17.8 Å². The predicted octanol–water partition coefficient (Wildman–Crippen LogP) is 4.21. The Morgan fingerprint density at radius 1 is 1.18 bits per heavy atom. The van der Waals surface area contributed by atoms with Gasteiger partial charge in [0.25, 0.3) is 0 Å². The van der Waals surface area contributed by atoms with E-state index in [-0.39, 0.29) is 0 Å². The van der Waals surface area contributed by atoms with E-state index >= 15 is 0 Å². The molecule has 0 saturated heterocycles. The first-order chi connectivity index (χ1) is 8.04. The maximum atomic E-state index is 10.8. The van der Waals surface area contributed by atoms with Gasteiger partial charge >= 0.3 is 5.97 Å². The van der Waals surface area contributed by atoms with Gasteiger partial charge in [0.05, 0.1) is 4.21 Å². The van der Waals surface area contributed by atoms with E-state index < -0.39 is 5.97 Å². The first-order valence-corrected chi connectivity index (χ1v) is 6.77. The molecular weight excluding hydrogens is 252 g/mol. The van der Waals surface area contributed by atoms with Crippen LogP contribution in [-0.4, -0.2) is 11.1 Å². The zero-order valence-corrected chi connectivity index (χ0v) is 11.2. The van der Waals surface area contributed by atoms with Gasteiger partial charge < -0.3 is 5.11 Å². The Kier molecular flexibility index (Phi) is 3.54. The lowest BCUT2D eigenvalue weighted by atomic mass is 10.2. The van der Waals surface area contributed by atoms with Gasteiger partial charge in [0.15, 0.2) is 0 Å². The van der Waals surface area contributed by atoms with Crippen LogP contribution in [0.5, 0.6) is 0 Å². The fourth-order valence-corrected chi connectivity index (χ4v) is 3.76. The minimum absolute atomic E-state index is 0.386. The lowest BCUT2D eigenvalue weighted by molar-refractivity contribution is 0.0702. The second-order valence-corrected chi connectivity index (χ2v) is 6.31. The molecule has 0 aliphatic carbocycles. The van der Waals surface area contributed by atoms with Crippen molar-refractivity contribution in [3.05, 3.63) is 46.3 Å². The van der Waals surface area contributed by atoms with E-state index in [0.717, 1.165) is 9.10 Å². The molecule has 0 saturated carbocycles. The fourth-order valence-electron chi connectivity index (χ4n) is 1.60. The molecule has 1 N–H and O–H groups in total. The largest absolute Gasteiger partial charge is 0.477 e. The number of aromatic carboxylic acids is 1. The minimum atomic E-state index is -0.859. The molecule has 0 spiro atoms. The number of benzene rings is 1. The summed E-state index contributed by atoms with van der Waals surface area (Å²) in [4.78, 5) is 12.3. The monoisotopic (exact) mass is 264 g/mol. The quantitative estimate of drug-likeness (QED) is 0.902. The first kappa shape index (κ1) is 12.2. The van der Waals surface area contributed by atoms with Crippen LogP contribution in [0, 0.1) is 13.8 Å². The summed E-state index contributed by atoms with van der Waals surface area (Å²) in [6, 6.07) is 9.85. The summed E-state index contributed by atoms with van der Waals surface area (Å²) in [5, 5.41) is 8.85. The molecule has 0 unspecified atom stereocenters. The van der Waals surface area contributed by atoms with Crippen LogP contribution in [0.2, 0.25) is 0 Å². The zero-order valence-electron chi connectivity index (χ0n) is 9.56. The summed E-state index contributed by atoms with van der Waals surface area (Å²) in [6.45, 7) is 4.13. The molecule has 0 fully saturated rings. The Balaban J connectivity index is 2.22. The fraction of sp³-hybridized carbons (Fsp3) is 0.154. The molecule has 1 heterocycles.